The molecule has 0 saturated carbocycles. The first-order valence-corrected chi connectivity index (χ1v) is 19.0. The van der Waals surface area contributed by atoms with Gasteiger partial charge < -0.3 is 39.1 Å². The number of hydrogen-bond donors (Lipinski definition) is 3. The Kier molecular flexibility index (Phi) is 15.9. The number of methoxy groups -OCH3 is 2. The largest absolute Gasteiger partial charge is 0.511 e. The number of hydrogen-bond acceptors (Lipinski definition) is 12. The highest BCUT2D eigenvalue weighted by molar-refractivity contribution is 6.31. The summed E-state index contributed by atoms with van der Waals surface area (Å²) in [7, 11) is 2.85. The molecule has 3 aromatic rings. The molecule has 2 unspecified atom stereocenters. The van der Waals surface area contributed by atoms with Gasteiger partial charge >= 0.3 is 12.1 Å². The summed E-state index contributed by atoms with van der Waals surface area (Å²) in [4.78, 5) is 39.3. The van der Waals surface area contributed by atoms with Crippen LogP contribution in [-0.2, 0) is 33.9 Å². The third kappa shape index (κ3) is 11.3. The molecule has 0 bridgehead atoms. The van der Waals surface area contributed by atoms with Crippen molar-refractivity contribution in [3.63, 3.8) is 0 Å². The Balaban J connectivity index is 1.53. The second-order valence-corrected chi connectivity index (χ2v) is 16.2. The molecule has 0 spiro atoms. The fraction of sp³-hybridized carbons (Fsp3) is 0.463. The van der Waals surface area contributed by atoms with Crippen molar-refractivity contribution in [3.8, 4) is 11.8 Å². The van der Waals surface area contributed by atoms with Crippen LogP contribution in [0.15, 0.2) is 54.6 Å². The molecule has 314 valence electrons. The Hall–Kier alpha value is -4.56. The van der Waals surface area contributed by atoms with Crippen molar-refractivity contribution in [2.75, 3.05) is 46.4 Å². The summed E-state index contributed by atoms with van der Waals surface area (Å²) < 4.78 is 63.0. The highest BCUT2D eigenvalue weighted by Crippen LogP contribution is 2.53. The highest BCUT2D eigenvalue weighted by Gasteiger charge is 2.61. The standard InChI is InChI=1S/C41H48Cl2F2N4O9/c1-39(2,3)19-32-41(20-46,27-13-12-25(42)18-29(27)44)33(26-9-8-10-28(43)34(26)45)35(49-32)36(50)48-30-14-11-24(17-31(30)54-7)37(51)56-23-57-38(52)55-16-15-40(4,5)58-22-47-21-53-6/h8-14,17-18,32-33,35,47,49H,15-16,19,21-23H2,1-7H3,(H,48,50)/t32?,33?,35-,41+/m1/s1. The first-order valence-electron chi connectivity index (χ1n) is 18.2. The maximum absolute atomic E-state index is 16.0. The number of carbonyl (C=O) groups is 3. The monoisotopic (exact) mass is 848 g/mol. The summed E-state index contributed by atoms with van der Waals surface area (Å²) in [5.74, 6) is -4.54. The average molecular weight is 850 g/mol. The molecule has 58 heavy (non-hydrogen) atoms. The molecule has 1 saturated heterocycles. The molecule has 1 fully saturated rings. The van der Waals surface area contributed by atoms with Crippen molar-refractivity contribution in [1.29, 1.82) is 5.26 Å². The predicted molar refractivity (Wildman–Crippen MR) is 212 cm³/mol. The lowest BCUT2D eigenvalue weighted by Gasteiger charge is -2.37. The zero-order chi connectivity index (χ0) is 42.8. The Morgan fingerprint density at radius 2 is 1.71 bits per heavy atom. The van der Waals surface area contributed by atoms with E-state index in [1.165, 1.54) is 55.6 Å². The van der Waals surface area contributed by atoms with Gasteiger partial charge in [-0.1, -0.05) is 62.2 Å². The van der Waals surface area contributed by atoms with Crippen LogP contribution in [0.5, 0.6) is 5.75 Å². The number of nitrogens with zero attached hydrogens (tertiary/aromatic N) is 1. The molecule has 17 heteroatoms. The summed E-state index contributed by atoms with van der Waals surface area (Å²) in [5.41, 5.74) is -2.95. The van der Waals surface area contributed by atoms with Gasteiger partial charge in [0.05, 0.1) is 61.2 Å². The fourth-order valence-corrected chi connectivity index (χ4v) is 7.13. The number of nitrogens with one attached hydrogen (secondary N) is 3. The first-order chi connectivity index (χ1) is 27.4. The van der Waals surface area contributed by atoms with Crippen LogP contribution in [-0.4, -0.2) is 76.8 Å². The second-order valence-electron chi connectivity index (χ2n) is 15.4. The van der Waals surface area contributed by atoms with Crippen molar-refractivity contribution in [1.82, 2.24) is 10.6 Å². The Morgan fingerprint density at radius 3 is 2.36 bits per heavy atom. The number of benzene rings is 3. The maximum Gasteiger partial charge on any atom is 0.511 e. The molecule has 3 N–H and O–H groups in total. The van der Waals surface area contributed by atoms with Gasteiger partial charge in [-0.3, -0.25) is 10.1 Å². The summed E-state index contributed by atoms with van der Waals surface area (Å²) in [6.07, 6.45) is -0.434. The van der Waals surface area contributed by atoms with E-state index in [2.05, 4.69) is 22.0 Å². The van der Waals surface area contributed by atoms with Crippen LogP contribution in [0.25, 0.3) is 0 Å². The first kappa shape index (κ1) is 46.1. The molecular formula is C41H48Cl2F2N4O9. The number of carbonyl (C=O) groups excluding carboxylic acids is 3. The van der Waals surface area contributed by atoms with Gasteiger partial charge in [0.1, 0.15) is 22.8 Å². The molecule has 13 nitrogen and oxygen atoms in total. The van der Waals surface area contributed by atoms with Gasteiger partial charge in [-0.15, -0.1) is 0 Å². The number of halogens is 4. The molecular weight excluding hydrogens is 801 g/mol. The van der Waals surface area contributed by atoms with E-state index in [1.54, 1.807) is 7.11 Å². The maximum atomic E-state index is 16.0. The molecule has 1 heterocycles. The molecule has 1 aliphatic rings. The Morgan fingerprint density at radius 1 is 0.966 bits per heavy atom. The van der Waals surface area contributed by atoms with Crippen LogP contribution in [0.2, 0.25) is 10.0 Å². The van der Waals surface area contributed by atoms with Crippen molar-refractivity contribution >= 4 is 46.9 Å². The third-order valence-corrected chi connectivity index (χ3v) is 10.1. The van der Waals surface area contributed by atoms with Gasteiger partial charge in [0.25, 0.3) is 0 Å². The minimum atomic E-state index is -1.84. The van der Waals surface area contributed by atoms with Gasteiger partial charge in [0.15, 0.2) is 0 Å². The molecule has 0 aliphatic carbocycles. The van der Waals surface area contributed by atoms with Crippen molar-refractivity contribution < 1.29 is 51.6 Å². The van der Waals surface area contributed by atoms with E-state index in [4.69, 9.17) is 51.6 Å². The molecule has 3 aromatic carbocycles. The number of rotatable bonds is 17. The average Bonchev–Trinajstić information content (AvgIpc) is 3.47. The minimum absolute atomic E-state index is 0.0161. The number of esters is 1. The molecule has 4 atom stereocenters. The lowest BCUT2D eigenvalue weighted by Crippen LogP contribution is -2.45. The highest BCUT2D eigenvalue weighted by atomic mass is 35.5. The van der Waals surface area contributed by atoms with Crippen LogP contribution in [0.1, 0.15) is 74.9 Å². The lowest BCUT2D eigenvalue weighted by molar-refractivity contribution is -0.118. The van der Waals surface area contributed by atoms with E-state index in [9.17, 15) is 19.6 Å². The summed E-state index contributed by atoms with van der Waals surface area (Å²) in [6, 6.07) is 12.2. The smallest absolute Gasteiger partial charge is 0.495 e. The van der Waals surface area contributed by atoms with E-state index >= 15 is 8.78 Å². The van der Waals surface area contributed by atoms with Crippen LogP contribution < -0.4 is 20.7 Å². The van der Waals surface area contributed by atoms with Gasteiger partial charge in [-0.25, -0.2) is 18.4 Å². The predicted octanol–water partition coefficient (Wildman–Crippen LogP) is 7.84. The number of amides is 1. The summed E-state index contributed by atoms with van der Waals surface area (Å²) in [6.45, 7) is 9.20. The molecule has 0 aromatic heterocycles. The van der Waals surface area contributed by atoms with E-state index in [-0.39, 0.29) is 57.9 Å². The van der Waals surface area contributed by atoms with E-state index in [0.717, 1.165) is 6.07 Å². The lowest BCUT2D eigenvalue weighted by atomic mass is 9.62. The second kappa shape index (κ2) is 19.9. The molecule has 1 aliphatic heterocycles. The van der Waals surface area contributed by atoms with Gasteiger partial charge in [-0.05, 0) is 67.6 Å². The number of nitriles is 1. The van der Waals surface area contributed by atoms with Crippen molar-refractivity contribution in [2.24, 2.45) is 5.41 Å². The van der Waals surface area contributed by atoms with Crippen molar-refractivity contribution in [2.45, 2.75) is 76.5 Å². The molecule has 4 rings (SSSR count). The SMILES string of the molecule is COCNCOC(C)(C)CCOC(=O)OCOC(=O)c1ccc(NC(=O)[C@@H]2NC(CC(C)(C)C)[C@](C#N)(c3ccc(Cl)cc3F)C2c2cccc(Cl)c2F)c(OC)c1. The Labute approximate surface area is 346 Å². The minimum Gasteiger partial charge on any atom is -0.495 e. The molecule has 1 amide bonds. The van der Waals surface area contributed by atoms with Gasteiger partial charge in [-0.2, -0.15) is 5.26 Å². The van der Waals surface area contributed by atoms with Crippen molar-refractivity contribution in [3.05, 3.63) is 93.0 Å². The van der Waals surface area contributed by atoms with Crippen LogP contribution in [0.4, 0.5) is 19.3 Å². The topological polar surface area (TPSA) is 166 Å². The third-order valence-electron chi connectivity index (χ3n) is 9.53. The normalized spacial score (nSPS) is 19.2. The fourth-order valence-electron chi connectivity index (χ4n) is 6.79. The Bertz CT molecular complexity index is 1990. The van der Waals surface area contributed by atoms with Gasteiger partial charge in [0.2, 0.25) is 12.7 Å². The van der Waals surface area contributed by atoms with Crippen LogP contribution in [0.3, 0.4) is 0 Å². The zero-order valence-corrected chi connectivity index (χ0v) is 34.8. The van der Waals surface area contributed by atoms with Gasteiger partial charge in [0, 0.05) is 36.1 Å². The quantitative estimate of drug-likeness (QED) is 0.0686. The number of ether oxygens (including phenoxy) is 6. The number of anilines is 1. The summed E-state index contributed by atoms with van der Waals surface area (Å²) in [5, 5.41) is 19.9. The van der Waals surface area contributed by atoms with E-state index in [1.807, 2.05) is 34.6 Å². The molecule has 0 radical (unpaired) electrons. The van der Waals surface area contributed by atoms with Crippen LogP contribution >= 0.6 is 23.2 Å². The van der Waals surface area contributed by atoms with E-state index < -0.39 is 70.9 Å². The van der Waals surface area contributed by atoms with Crippen LogP contribution in [0, 0.1) is 28.4 Å². The summed E-state index contributed by atoms with van der Waals surface area (Å²) >= 11 is 12.4. The zero-order valence-electron chi connectivity index (χ0n) is 33.3. The van der Waals surface area contributed by atoms with E-state index in [0.29, 0.717) is 13.2 Å².